The molecule has 0 bridgehead atoms. The van der Waals surface area contributed by atoms with Crippen LogP contribution in [0.4, 0.5) is 0 Å². The molecule has 1 N–H and O–H groups in total. The highest BCUT2D eigenvalue weighted by atomic mass is 16.3. The van der Waals surface area contributed by atoms with Gasteiger partial charge in [0.05, 0.1) is 0 Å². The largest absolute Gasteiger partial charge is 0.466 e. The molecule has 0 aromatic carbocycles. The molecule has 0 saturated carbocycles. The zero-order valence-electron chi connectivity index (χ0n) is 10.3. The van der Waals surface area contributed by atoms with Gasteiger partial charge in [-0.15, -0.1) is 0 Å². The van der Waals surface area contributed by atoms with E-state index >= 15 is 0 Å². The average molecular weight is 219 g/mol. The molecule has 1 aliphatic rings. The number of hydrogen-bond acceptors (Lipinski definition) is 2. The van der Waals surface area contributed by atoms with Crippen molar-refractivity contribution in [2.24, 2.45) is 0 Å². The van der Waals surface area contributed by atoms with Crippen molar-refractivity contribution in [2.75, 3.05) is 6.54 Å². The molecule has 1 aromatic heterocycles. The Morgan fingerprint density at radius 3 is 2.88 bits per heavy atom. The van der Waals surface area contributed by atoms with Crippen molar-refractivity contribution in [3.8, 4) is 0 Å². The van der Waals surface area contributed by atoms with Gasteiger partial charge >= 0.3 is 0 Å². The highest BCUT2D eigenvalue weighted by molar-refractivity contribution is 5.19. The van der Waals surface area contributed by atoms with Crippen molar-refractivity contribution in [1.82, 2.24) is 5.32 Å². The fourth-order valence-corrected chi connectivity index (χ4v) is 2.30. The maximum Gasteiger partial charge on any atom is 0.105 e. The van der Waals surface area contributed by atoms with Gasteiger partial charge in [-0.1, -0.05) is 11.6 Å². The monoisotopic (exact) mass is 219 g/mol. The van der Waals surface area contributed by atoms with E-state index in [-0.39, 0.29) is 0 Å². The molecule has 0 atom stereocenters. The molecule has 1 aromatic rings. The molecular formula is C14H21NO. The third-order valence-corrected chi connectivity index (χ3v) is 3.22. The van der Waals surface area contributed by atoms with Crippen molar-refractivity contribution >= 4 is 0 Å². The smallest absolute Gasteiger partial charge is 0.105 e. The molecule has 2 nitrogen and oxygen atoms in total. The molecule has 0 aliphatic heterocycles. The van der Waals surface area contributed by atoms with Crippen molar-refractivity contribution in [1.29, 1.82) is 0 Å². The second-order valence-electron chi connectivity index (χ2n) is 4.62. The first-order valence-electron chi connectivity index (χ1n) is 6.20. The Labute approximate surface area is 97.7 Å². The highest BCUT2D eigenvalue weighted by Crippen LogP contribution is 2.20. The van der Waals surface area contributed by atoms with Gasteiger partial charge in [-0.05, 0) is 52.1 Å². The maximum absolute atomic E-state index is 5.49. The summed E-state index contributed by atoms with van der Waals surface area (Å²) in [6.45, 7) is 6.04. The summed E-state index contributed by atoms with van der Waals surface area (Å²) in [5, 5.41) is 3.48. The molecule has 1 aliphatic carbocycles. The first-order chi connectivity index (χ1) is 7.75. The van der Waals surface area contributed by atoms with Crippen LogP contribution in [-0.2, 0) is 6.54 Å². The van der Waals surface area contributed by atoms with Gasteiger partial charge in [0.2, 0.25) is 0 Å². The summed E-state index contributed by atoms with van der Waals surface area (Å²) in [5.74, 6) is 2.05. The Kier molecular flexibility index (Phi) is 3.83. The van der Waals surface area contributed by atoms with Crippen LogP contribution < -0.4 is 5.32 Å². The molecule has 0 saturated heterocycles. The van der Waals surface area contributed by atoms with E-state index in [0.29, 0.717) is 0 Å². The van der Waals surface area contributed by atoms with Gasteiger partial charge in [-0.3, -0.25) is 0 Å². The van der Waals surface area contributed by atoms with Crippen LogP contribution in [0.3, 0.4) is 0 Å². The summed E-state index contributed by atoms with van der Waals surface area (Å²) < 4.78 is 5.49. The van der Waals surface area contributed by atoms with E-state index in [9.17, 15) is 0 Å². The van der Waals surface area contributed by atoms with Gasteiger partial charge in [0.15, 0.2) is 0 Å². The van der Waals surface area contributed by atoms with Crippen molar-refractivity contribution < 1.29 is 4.42 Å². The Morgan fingerprint density at radius 1 is 1.38 bits per heavy atom. The van der Waals surface area contributed by atoms with Crippen LogP contribution in [0.5, 0.6) is 0 Å². The molecule has 0 unspecified atom stereocenters. The van der Waals surface area contributed by atoms with E-state index in [2.05, 4.69) is 17.5 Å². The van der Waals surface area contributed by atoms with Gasteiger partial charge in [0.25, 0.3) is 0 Å². The minimum absolute atomic E-state index is 0.927. The minimum Gasteiger partial charge on any atom is -0.466 e. The Bertz CT molecular complexity index is 376. The standard InChI is InChI=1S/C14H21NO/c1-11-9-14(12(2)16-11)10-15-8-7-13-5-3-4-6-13/h5,9,15H,3-4,6-8,10H2,1-2H3. The second kappa shape index (κ2) is 5.35. The minimum atomic E-state index is 0.927. The lowest BCUT2D eigenvalue weighted by Crippen LogP contribution is -2.15. The summed E-state index contributed by atoms with van der Waals surface area (Å²) in [7, 11) is 0. The Hall–Kier alpha value is -1.02. The van der Waals surface area contributed by atoms with Gasteiger partial charge in [-0.2, -0.15) is 0 Å². The van der Waals surface area contributed by atoms with Crippen LogP contribution in [0.1, 0.15) is 42.8 Å². The average Bonchev–Trinajstić information content (AvgIpc) is 2.84. The van der Waals surface area contributed by atoms with Crippen LogP contribution in [0.2, 0.25) is 0 Å². The lowest BCUT2D eigenvalue weighted by atomic mass is 10.1. The molecule has 0 spiro atoms. The molecule has 1 heterocycles. The summed E-state index contributed by atoms with van der Waals surface area (Å²) in [5.41, 5.74) is 2.92. The zero-order chi connectivity index (χ0) is 11.4. The summed E-state index contributed by atoms with van der Waals surface area (Å²) in [6, 6.07) is 2.12. The van der Waals surface area contributed by atoms with E-state index < -0.39 is 0 Å². The van der Waals surface area contributed by atoms with Gasteiger partial charge in [0, 0.05) is 12.1 Å². The van der Waals surface area contributed by atoms with E-state index in [1.54, 1.807) is 5.57 Å². The molecule has 16 heavy (non-hydrogen) atoms. The predicted octanol–water partition coefficient (Wildman–Crippen LogP) is 3.49. The molecule has 88 valence electrons. The molecular weight excluding hydrogens is 198 g/mol. The number of allylic oxidation sites excluding steroid dienone is 1. The van der Waals surface area contributed by atoms with Crippen molar-refractivity contribution in [3.63, 3.8) is 0 Å². The second-order valence-corrected chi connectivity index (χ2v) is 4.62. The van der Waals surface area contributed by atoms with Crippen LogP contribution in [0.15, 0.2) is 22.1 Å². The molecule has 2 heteroatoms. The van der Waals surface area contributed by atoms with Crippen LogP contribution >= 0.6 is 0 Å². The lowest BCUT2D eigenvalue weighted by molar-refractivity contribution is 0.499. The van der Waals surface area contributed by atoms with Crippen molar-refractivity contribution in [3.05, 3.63) is 34.8 Å². The highest BCUT2D eigenvalue weighted by Gasteiger charge is 2.05. The summed E-state index contributed by atoms with van der Waals surface area (Å²) in [6.07, 6.45) is 7.56. The Balaban J connectivity index is 1.69. The van der Waals surface area contributed by atoms with E-state index in [1.807, 2.05) is 13.8 Å². The van der Waals surface area contributed by atoms with Crippen LogP contribution in [0, 0.1) is 13.8 Å². The predicted molar refractivity (Wildman–Crippen MR) is 66.4 cm³/mol. The number of hydrogen-bond donors (Lipinski definition) is 1. The number of nitrogens with one attached hydrogen (secondary N) is 1. The summed E-state index contributed by atoms with van der Waals surface area (Å²) >= 11 is 0. The summed E-state index contributed by atoms with van der Waals surface area (Å²) in [4.78, 5) is 0. The lowest BCUT2D eigenvalue weighted by Gasteiger charge is -2.04. The normalized spacial score (nSPS) is 15.5. The molecule has 0 fully saturated rings. The first-order valence-corrected chi connectivity index (χ1v) is 6.20. The fraction of sp³-hybridized carbons (Fsp3) is 0.571. The first kappa shape index (κ1) is 11.5. The zero-order valence-corrected chi connectivity index (χ0v) is 10.3. The van der Waals surface area contributed by atoms with Gasteiger partial charge in [-0.25, -0.2) is 0 Å². The molecule has 0 amide bonds. The van der Waals surface area contributed by atoms with E-state index in [1.165, 1.54) is 31.2 Å². The number of furan rings is 1. The fourth-order valence-electron chi connectivity index (χ4n) is 2.30. The van der Waals surface area contributed by atoms with E-state index in [4.69, 9.17) is 4.42 Å². The van der Waals surface area contributed by atoms with Crippen LogP contribution in [0.25, 0.3) is 0 Å². The maximum atomic E-state index is 5.49. The number of rotatable bonds is 5. The third-order valence-electron chi connectivity index (χ3n) is 3.22. The van der Waals surface area contributed by atoms with Crippen LogP contribution in [-0.4, -0.2) is 6.54 Å². The van der Waals surface area contributed by atoms with E-state index in [0.717, 1.165) is 24.6 Å². The molecule has 0 radical (unpaired) electrons. The molecule has 2 rings (SSSR count). The Morgan fingerprint density at radius 2 is 2.25 bits per heavy atom. The van der Waals surface area contributed by atoms with Gasteiger partial charge < -0.3 is 9.73 Å². The van der Waals surface area contributed by atoms with Crippen molar-refractivity contribution in [2.45, 2.75) is 46.1 Å². The SMILES string of the molecule is Cc1cc(CNCCC2=CCCC2)c(C)o1. The quantitative estimate of drug-likeness (QED) is 0.606. The topological polar surface area (TPSA) is 25.2 Å². The number of aryl methyl sites for hydroxylation is 2. The third kappa shape index (κ3) is 2.99. The van der Waals surface area contributed by atoms with Gasteiger partial charge in [0.1, 0.15) is 11.5 Å².